The highest BCUT2D eigenvalue weighted by Gasteiger charge is 2.25. The summed E-state index contributed by atoms with van der Waals surface area (Å²) in [6.45, 7) is 2.90. The fraction of sp³-hybridized carbons (Fsp3) is 0.278. The van der Waals surface area contributed by atoms with Crippen LogP contribution in [0, 0.1) is 15.9 Å². The molecule has 7 heteroatoms. The molecule has 0 aliphatic carbocycles. The molecule has 3 rings (SSSR count). The molecule has 1 fully saturated rings. The van der Waals surface area contributed by atoms with Crippen LogP contribution in [0.3, 0.4) is 0 Å². The van der Waals surface area contributed by atoms with Gasteiger partial charge < -0.3 is 9.64 Å². The van der Waals surface area contributed by atoms with Crippen molar-refractivity contribution in [3.05, 3.63) is 69.5 Å². The molecule has 0 bridgehead atoms. The molecule has 0 N–H and O–H groups in total. The van der Waals surface area contributed by atoms with Gasteiger partial charge in [-0.2, -0.15) is 0 Å². The van der Waals surface area contributed by atoms with E-state index < -0.39 is 4.92 Å². The maximum Gasteiger partial charge on any atom is 0.280 e. The molecule has 25 heavy (non-hydrogen) atoms. The summed E-state index contributed by atoms with van der Waals surface area (Å²) in [7, 11) is 0. The van der Waals surface area contributed by atoms with Gasteiger partial charge in [-0.25, -0.2) is 4.39 Å². The van der Waals surface area contributed by atoms with Gasteiger partial charge >= 0.3 is 0 Å². The first-order chi connectivity index (χ1) is 12.0. The summed E-state index contributed by atoms with van der Waals surface area (Å²) in [5.41, 5.74) is 1.48. The van der Waals surface area contributed by atoms with Crippen molar-refractivity contribution in [2.75, 3.05) is 24.6 Å². The van der Waals surface area contributed by atoms with Gasteiger partial charge in [-0.1, -0.05) is 12.1 Å². The van der Waals surface area contributed by atoms with Crippen molar-refractivity contribution in [2.24, 2.45) is 0 Å². The maximum absolute atomic E-state index is 13.1. The lowest BCUT2D eigenvalue weighted by molar-refractivity contribution is -0.385. The van der Waals surface area contributed by atoms with E-state index in [0.29, 0.717) is 19.7 Å². The van der Waals surface area contributed by atoms with Crippen LogP contribution >= 0.6 is 0 Å². The molecule has 1 saturated heterocycles. The number of halogens is 1. The summed E-state index contributed by atoms with van der Waals surface area (Å²) in [6, 6.07) is 10.7. The normalized spacial score (nSPS) is 17.4. The zero-order valence-electron chi connectivity index (χ0n) is 13.6. The topological polar surface area (TPSA) is 72.7 Å². The van der Waals surface area contributed by atoms with Gasteiger partial charge in [0.05, 0.1) is 17.1 Å². The van der Waals surface area contributed by atoms with E-state index >= 15 is 0 Å². The third kappa shape index (κ3) is 3.66. The smallest absolute Gasteiger partial charge is 0.280 e. The number of nitro benzene ring substituents is 1. The van der Waals surface area contributed by atoms with Gasteiger partial charge in [-0.05, 0) is 36.8 Å². The van der Waals surface area contributed by atoms with Gasteiger partial charge in [0.25, 0.3) is 5.69 Å². The second kappa shape index (κ2) is 6.98. The Balaban J connectivity index is 1.86. The number of morpholine rings is 1. The lowest BCUT2D eigenvalue weighted by Gasteiger charge is -2.35. The monoisotopic (exact) mass is 344 g/mol. The molecular formula is C18H17FN2O4. The molecule has 1 aliphatic heterocycles. The van der Waals surface area contributed by atoms with Gasteiger partial charge in [0.2, 0.25) is 0 Å². The summed E-state index contributed by atoms with van der Waals surface area (Å²) in [5.74, 6) is -0.658. The van der Waals surface area contributed by atoms with E-state index in [1.807, 2.05) is 4.90 Å². The Bertz CT molecular complexity index is 807. The van der Waals surface area contributed by atoms with Gasteiger partial charge in [-0.3, -0.25) is 14.9 Å². The lowest BCUT2D eigenvalue weighted by atomic mass is 10.1. The quantitative estimate of drug-likeness (QED) is 0.482. The van der Waals surface area contributed by atoms with E-state index in [2.05, 4.69) is 0 Å². The van der Waals surface area contributed by atoms with Crippen LogP contribution < -0.4 is 4.90 Å². The summed E-state index contributed by atoms with van der Waals surface area (Å²) < 4.78 is 18.8. The predicted molar refractivity (Wildman–Crippen MR) is 90.4 cm³/mol. The number of ketones is 1. The van der Waals surface area contributed by atoms with Crippen LogP contribution in [0.2, 0.25) is 0 Å². The Morgan fingerprint density at radius 1 is 1.28 bits per heavy atom. The van der Waals surface area contributed by atoms with E-state index in [9.17, 15) is 19.3 Å². The van der Waals surface area contributed by atoms with E-state index in [4.69, 9.17) is 4.74 Å². The first-order valence-electron chi connectivity index (χ1n) is 7.87. The fourth-order valence-corrected chi connectivity index (χ4v) is 2.92. The average Bonchev–Trinajstić information content (AvgIpc) is 2.62. The zero-order valence-corrected chi connectivity index (χ0v) is 13.6. The van der Waals surface area contributed by atoms with Crippen molar-refractivity contribution >= 4 is 17.2 Å². The van der Waals surface area contributed by atoms with Gasteiger partial charge in [0.15, 0.2) is 5.78 Å². The van der Waals surface area contributed by atoms with Crippen LogP contribution in [0.25, 0.3) is 0 Å². The molecule has 0 saturated carbocycles. The van der Waals surface area contributed by atoms with Crippen molar-refractivity contribution in [2.45, 2.75) is 13.0 Å². The Hall–Kier alpha value is -2.80. The highest BCUT2D eigenvalue weighted by atomic mass is 19.1. The second-order valence-electron chi connectivity index (χ2n) is 5.87. The van der Waals surface area contributed by atoms with Crippen LogP contribution in [0.4, 0.5) is 15.8 Å². The molecule has 0 radical (unpaired) electrons. The van der Waals surface area contributed by atoms with Crippen LogP contribution in [-0.4, -0.2) is 30.4 Å². The van der Waals surface area contributed by atoms with E-state index in [0.717, 1.165) is 11.3 Å². The average molecular weight is 344 g/mol. The minimum absolute atomic E-state index is 0.0901. The molecule has 1 atom stereocenters. The molecule has 2 aromatic carbocycles. The minimum atomic E-state index is -0.554. The highest BCUT2D eigenvalue weighted by molar-refractivity contribution is 5.99. The Labute approximate surface area is 144 Å². The zero-order chi connectivity index (χ0) is 18.0. The highest BCUT2D eigenvalue weighted by Crippen LogP contribution is 2.30. The van der Waals surface area contributed by atoms with Crippen molar-refractivity contribution in [1.82, 2.24) is 0 Å². The number of benzene rings is 2. The molecule has 130 valence electrons. The van der Waals surface area contributed by atoms with Crippen molar-refractivity contribution in [3.8, 4) is 0 Å². The number of carbonyl (C=O) groups is 1. The number of hydrogen-bond donors (Lipinski definition) is 0. The largest absolute Gasteiger partial charge is 0.370 e. The van der Waals surface area contributed by atoms with Gasteiger partial charge in [0.1, 0.15) is 11.9 Å². The summed E-state index contributed by atoms with van der Waals surface area (Å²) in [6.07, 6.45) is -0.231. The molecular weight excluding hydrogens is 327 g/mol. The number of hydrogen-bond acceptors (Lipinski definition) is 5. The molecule has 0 unspecified atom stereocenters. The van der Waals surface area contributed by atoms with E-state index in [-0.39, 0.29) is 29.0 Å². The van der Waals surface area contributed by atoms with E-state index in [1.54, 1.807) is 24.3 Å². The van der Waals surface area contributed by atoms with Gasteiger partial charge in [0, 0.05) is 24.8 Å². The lowest BCUT2D eigenvalue weighted by Crippen LogP contribution is -2.38. The number of nitrogens with zero attached hydrogens (tertiary/aromatic N) is 2. The Morgan fingerprint density at radius 3 is 2.64 bits per heavy atom. The van der Waals surface area contributed by atoms with Crippen molar-refractivity contribution < 1.29 is 18.8 Å². The van der Waals surface area contributed by atoms with Gasteiger partial charge in [-0.15, -0.1) is 0 Å². The Kier molecular flexibility index (Phi) is 4.76. The third-order valence-corrected chi connectivity index (χ3v) is 4.23. The summed E-state index contributed by atoms with van der Waals surface area (Å²) in [4.78, 5) is 24.3. The molecule has 2 aromatic rings. The third-order valence-electron chi connectivity index (χ3n) is 4.23. The van der Waals surface area contributed by atoms with E-state index in [1.165, 1.54) is 25.1 Å². The molecule has 0 spiro atoms. The summed E-state index contributed by atoms with van der Waals surface area (Å²) >= 11 is 0. The Morgan fingerprint density at radius 2 is 2.00 bits per heavy atom. The molecule has 0 amide bonds. The first-order valence-corrected chi connectivity index (χ1v) is 7.87. The molecule has 6 nitrogen and oxygen atoms in total. The maximum atomic E-state index is 13.1. The van der Waals surface area contributed by atoms with Crippen LogP contribution in [-0.2, 0) is 4.74 Å². The van der Waals surface area contributed by atoms with Crippen LogP contribution in [0.5, 0.6) is 0 Å². The first kappa shape index (κ1) is 17.0. The number of ether oxygens (including phenoxy) is 1. The minimum Gasteiger partial charge on any atom is -0.370 e. The van der Waals surface area contributed by atoms with Crippen LogP contribution in [0.15, 0.2) is 42.5 Å². The fourth-order valence-electron chi connectivity index (χ4n) is 2.92. The SMILES string of the molecule is CC(=O)c1cc(N2CCO[C@H](c3ccc(F)cc3)C2)ccc1[N+](=O)[O-]. The van der Waals surface area contributed by atoms with Crippen LogP contribution in [0.1, 0.15) is 28.9 Å². The van der Waals surface area contributed by atoms with Crippen molar-refractivity contribution in [3.63, 3.8) is 0 Å². The number of carbonyl (C=O) groups excluding carboxylic acids is 1. The number of rotatable bonds is 4. The standard InChI is InChI=1S/C18H17FN2O4/c1-12(22)16-10-15(6-7-17(16)21(23)24)20-8-9-25-18(11-20)13-2-4-14(19)5-3-13/h2-7,10,18H,8-9,11H2,1H3/t18-/m0/s1. The number of Topliss-reactive ketones (excluding diaryl/α,β-unsaturated/α-hetero) is 1. The molecule has 0 aromatic heterocycles. The summed E-state index contributed by atoms with van der Waals surface area (Å²) in [5, 5.41) is 11.1. The molecule has 1 aliphatic rings. The molecule has 1 heterocycles. The second-order valence-corrected chi connectivity index (χ2v) is 5.87. The number of anilines is 1. The predicted octanol–water partition coefficient (Wildman–Crippen LogP) is 3.51. The number of nitro groups is 1. The van der Waals surface area contributed by atoms with Crippen molar-refractivity contribution in [1.29, 1.82) is 0 Å².